The number of rotatable bonds is 4. The van der Waals surface area contributed by atoms with Crippen molar-refractivity contribution in [2.24, 2.45) is 0 Å². The molecule has 3 N–H and O–H groups in total. The standard InChI is InChI=1S/C14H19N3O3/c1-3-16-13(18)6-7-17-11-5-4-10(15)8-12(11)20-9(2)14(17)19/h4-5,8-9H,3,6-7,15H2,1-2H3,(H,16,18). The molecule has 1 heterocycles. The first-order chi connectivity index (χ1) is 9.52. The molecule has 2 amide bonds. The highest BCUT2D eigenvalue weighted by Crippen LogP contribution is 2.35. The van der Waals surface area contributed by atoms with Crippen molar-refractivity contribution >= 4 is 23.2 Å². The van der Waals surface area contributed by atoms with Crippen molar-refractivity contribution in [3.8, 4) is 5.75 Å². The quantitative estimate of drug-likeness (QED) is 0.801. The maximum absolute atomic E-state index is 12.2. The first-order valence-electron chi connectivity index (χ1n) is 6.67. The first-order valence-corrected chi connectivity index (χ1v) is 6.67. The minimum atomic E-state index is -0.571. The lowest BCUT2D eigenvalue weighted by Gasteiger charge is -2.33. The summed E-state index contributed by atoms with van der Waals surface area (Å²) in [6.07, 6.45) is -0.311. The molecule has 1 aromatic rings. The molecule has 0 radical (unpaired) electrons. The zero-order chi connectivity index (χ0) is 14.7. The summed E-state index contributed by atoms with van der Waals surface area (Å²) >= 11 is 0. The Balaban J connectivity index is 2.19. The Morgan fingerprint density at radius 1 is 1.50 bits per heavy atom. The molecular weight excluding hydrogens is 258 g/mol. The molecule has 20 heavy (non-hydrogen) atoms. The van der Waals surface area contributed by atoms with Gasteiger partial charge in [-0.1, -0.05) is 0 Å². The van der Waals surface area contributed by atoms with E-state index in [2.05, 4.69) is 5.32 Å². The Morgan fingerprint density at radius 2 is 2.25 bits per heavy atom. The molecule has 1 atom stereocenters. The van der Waals surface area contributed by atoms with Crippen LogP contribution in [0, 0.1) is 0 Å². The van der Waals surface area contributed by atoms with Crippen molar-refractivity contribution in [1.82, 2.24) is 5.32 Å². The van der Waals surface area contributed by atoms with E-state index in [1.54, 1.807) is 30.0 Å². The Morgan fingerprint density at radius 3 is 2.95 bits per heavy atom. The van der Waals surface area contributed by atoms with Gasteiger partial charge in [-0.25, -0.2) is 0 Å². The summed E-state index contributed by atoms with van der Waals surface area (Å²) in [5.41, 5.74) is 6.96. The van der Waals surface area contributed by atoms with Gasteiger partial charge in [0.25, 0.3) is 5.91 Å². The molecule has 0 aromatic heterocycles. The second kappa shape index (κ2) is 5.81. The molecule has 6 heteroatoms. The van der Waals surface area contributed by atoms with E-state index >= 15 is 0 Å². The Hall–Kier alpha value is -2.24. The molecule has 0 fully saturated rings. The number of amides is 2. The fraction of sp³-hybridized carbons (Fsp3) is 0.429. The van der Waals surface area contributed by atoms with E-state index in [1.807, 2.05) is 6.92 Å². The number of anilines is 2. The number of hydrogen-bond acceptors (Lipinski definition) is 4. The summed E-state index contributed by atoms with van der Waals surface area (Å²) < 4.78 is 5.54. The van der Waals surface area contributed by atoms with Gasteiger partial charge in [0, 0.05) is 31.3 Å². The number of hydrogen-bond donors (Lipinski definition) is 2. The molecule has 1 unspecified atom stereocenters. The van der Waals surface area contributed by atoms with Crippen LogP contribution in [0.25, 0.3) is 0 Å². The second-order valence-corrected chi connectivity index (χ2v) is 4.68. The van der Waals surface area contributed by atoms with Gasteiger partial charge in [-0.15, -0.1) is 0 Å². The molecule has 6 nitrogen and oxygen atoms in total. The number of benzene rings is 1. The van der Waals surface area contributed by atoms with Crippen LogP contribution < -0.4 is 20.7 Å². The smallest absolute Gasteiger partial charge is 0.267 e. The number of nitrogen functional groups attached to an aromatic ring is 1. The van der Waals surface area contributed by atoms with Crippen LogP contribution in [-0.4, -0.2) is 31.0 Å². The van der Waals surface area contributed by atoms with Gasteiger partial charge in [0.1, 0.15) is 5.75 Å². The van der Waals surface area contributed by atoms with Gasteiger partial charge in [-0.05, 0) is 26.0 Å². The number of ether oxygens (including phenoxy) is 1. The van der Waals surface area contributed by atoms with Gasteiger partial charge < -0.3 is 20.7 Å². The van der Waals surface area contributed by atoms with Crippen LogP contribution in [0.4, 0.5) is 11.4 Å². The maximum Gasteiger partial charge on any atom is 0.267 e. The van der Waals surface area contributed by atoms with Crippen molar-refractivity contribution in [2.45, 2.75) is 26.4 Å². The van der Waals surface area contributed by atoms with Crippen molar-refractivity contribution in [3.63, 3.8) is 0 Å². The van der Waals surface area contributed by atoms with E-state index in [4.69, 9.17) is 10.5 Å². The molecular formula is C14H19N3O3. The van der Waals surface area contributed by atoms with Crippen LogP contribution in [0.5, 0.6) is 5.75 Å². The van der Waals surface area contributed by atoms with Crippen LogP contribution in [-0.2, 0) is 9.59 Å². The number of carbonyl (C=O) groups is 2. The van der Waals surface area contributed by atoms with E-state index in [1.165, 1.54) is 0 Å². The predicted molar refractivity (Wildman–Crippen MR) is 76.6 cm³/mol. The molecule has 0 aliphatic carbocycles. The molecule has 108 valence electrons. The molecule has 2 rings (SSSR count). The normalized spacial score (nSPS) is 17.4. The average molecular weight is 277 g/mol. The molecule has 1 aliphatic rings. The van der Waals surface area contributed by atoms with E-state index in [9.17, 15) is 9.59 Å². The highest BCUT2D eigenvalue weighted by molar-refractivity contribution is 6.00. The van der Waals surface area contributed by atoms with Crippen molar-refractivity contribution in [3.05, 3.63) is 18.2 Å². The number of nitrogens with zero attached hydrogens (tertiary/aromatic N) is 1. The van der Waals surface area contributed by atoms with E-state index in [0.717, 1.165) is 0 Å². The second-order valence-electron chi connectivity index (χ2n) is 4.68. The van der Waals surface area contributed by atoms with Gasteiger partial charge in [0.05, 0.1) is 5.69 Å². The summed E-state index contributed by atoms with van der Waals surface area (Å²) in [6, 6.07) is 5.15. The molecule has 0 bridgehead atoms. The number of nitrogens with two attached hydrogens (primary N) is 1. The summed E-state index contributed by atoms with van der Waals surface area (Å²) in [5, 5.41) is 2.72. The third kappa shape index (κ3) is 2.84. The van der Waals surface area contributed by atoms with E-state index in [-0.39, 0.29) is 18.2 Å². The van der Waals surface area contributed by atoms with Crippen molar-refractivity contribution in [2.75, 3.05) is 23.7 Å². The van der Waals surface area contributed by atoms with Gasteiger partial charge in [0.15, 0.2) is 6.10 Å². The summed E-state index contributed by atoms with van der Waals surface area (Å²) in [4.78, 5) is 25.3. The Labute approximate surface area is 117 Å². The highest BCUT2D eigenvalue weighted by Gasteiger charge is 2.31. The monoisotopic (exact) mass is 277 g/mol. The predicted octanol–water partition coefficient (Wildman–Crippen LogP) is 0.909. The largest absolute Gasteiger partial charge is 0.479 e. The van der Waals surface area contributed by atoms with Crippen LogP contribution in [0.2, 0.25) is 0 Å². The molecule has 1 aromatic carbocycles. The molecule has 0 spiro atoms. The van der Waals surface area contributed by atoms with E-state index < -0.39 is 6.10 Å². The van der Waals surface area contributed by atoms with Gasteiger partial charge in [-0.2, -0.15) is 0 Å². The number of nitrogens with one attached hydrogen (secondary N) is 1. The lowest BCUT2D eigenvalue weighted by molar-refractivity contribution is -0.125. The van der Waals surface area contributed by atoms with Crippen LogP contribution in [0.1, 0.15) is 20.3 Å². The molecule has 0 saturated carbocycles. The zero-order valence-corrected chi connectivity index (χ0v) is 11.7. The third-order valence-corrected chi connectivity index (χ3v) is 3.13. The first kappa shape index (κ1) is 14.2. The average Bonchev–Trinajstić information content (AvgIpc) is 2.40. The summed E-state index contributed by atoms with van der Waals surface area (Å²) in [6.45, 7) is 4.46. The lowest BCUT2D eigenvalue weighted by Crippen LogP contribution is -2.45. The minimum absolute atomic E-state index is 0.0727. The Bertz CT molecular complexity index is 530. The highest BCUT2D eigenvalue weighted by atomic mass is 16.5. The fourth-order valence-corrected chi connectivity index (χ4v) is 2.16. The van der Waals surface area contributed by atoms with Gasteiger partial charge in [-0.3, -0.25) is 9.59 Å². The third-order valence-electron chi connectivity index (χ3n) is 3.13. The van der Waals surface area contributed by atoms with Gasteiger partial charge >= 0.3 is 0 Å². The minimum Gasteiger partial charge on any atom is -0.479 e. The number of fused-ring (bicyclic) bond motifs is 1. The van der Waals surface area contributed by atoms with E-state index in [0.29, 0.717) is 30.2 Å². The van der Waals surface area contributed by atoms with Crippen molar-refractivity contribution in [1.29, 1.82) is 0 Å². The zero-order valence-electron chi connectivity index (χ0n) is 11.7. The van der Waals surface area contributed by atoms with Crippen LogP contribution in [0.15, 0.2) is 18.2 Å². The fourth-order valence-electron chi connectivity index (χ4n) is 2.16. The van der Waals surface area contributed by atoms with Crippen LogP contribution >= 0.6 is 0 Å². The van der Waals surface area contributed by atoms with Gasteiger partial charge in [0.2, 0.25) is 5.91 Å². The number of carbonyl (C=O) groups excluding carboxylic acids is 2. The summed E-state index contributed by atoms with van der Waals surface area (Å²) in [7, 11) is 0. The molecule has 0 saturated heterocycles. The van der Waals surface area contributed by atoms with Crippen LogP contribution in [0.3, 0.4) is 0 Å². The topological polar surface area (TPSA) is 84.7 Å². The summed E-state index contributed by atoms with van der Waals surface area (Å²) in [5.74, 6) is 0.357. The SMILES string of the molecule is CCNC(=O)CCN1C(=O)C(C)Oc2cc(N)ccc21. The maximum atomic E-state index is 12.2. The van der Waals surface area contributed by atoms with Crippen molar-refractivity contribution < 1.29 is 14.3 Å². The Kier molecular flexibility index (Phi) is 4.12. The molecule has 1 aliphatic heterocycles. The lowest BCUT2D eigenvalue weighted by atomic mass is 10.1.